The van der Waals surface area contributed by atoms with Crippen molar-refractivity contribution in [3.63, 3.8) is 0 Å². The van der Waals surface area contributed by atoms with Crippen LogP contribution in [0.15, 0.2) is 11.6 Å². The van der Waals surface area contributed by atoms with Crippen molar-refractivity contribution in [2.75, 3.05) is 0 Å². The molecule has 0 amide bonds. The van der Waals surface area contributed by atoms with Gasteiger partial charge in [0.15, 0.2) is 0 Å². The minimum absolute atomic E-state index is 0.0205. The molecule has 1 N–H and O–H groups in total. The molecule has 0 aromatic heterocycles. The van der Waals surface area contributed by atoms with Gasteiger partial charge in [-0.25, -0.2) is 4.79 Å². The Hall–Kier alpha value is -1.40. The maximum absolute atomic E-state index is 12.5. The minimum Gasteiger partial charge on any atom is -0.461 e. The molecule has 0 aromatic rings. The Morgan fingerprint density at radius 3 is 2.58 bits per heavy atom. The lowest BCUT2D eigenvalue weighted by Gasteiger charge is -2.60. The molecule has 142 valence electrons. The smallest absolute Gasteiger partial charge is 0.333 e. The molecule has 26 heavy (non-hydrogen) atoms. The molecular weight excluding hydrogens is 336 g/mol. The van der Waals surface area contributed by atoms with Crippen LogP contribution < -0.4 is 0 Å². The van der Waals surface area contributed by atoms with E-state index in [-0.39, 0.29) is 34.9 Å². The van der Waals surface area contributed by atoms with Crippen LogP contribution in [-0.4, -0.2) is 41.1 Å². The minimum atomic E-state index is -1.22. The van der Waals surface area contributed by atoms with Crippen molar-refractivity contribution in [3.05, 3.63) is 11.6 Å². The maximum atomic E-state index is 12.5. The molecule has 3 aliphatic heterocycles. The molecule has 6 heteroatoms. The summed E-state index contributed by atoms with van der Waals surface area (Å²) in [5.41, 5.74) is -0.254. The first-order valence-corrected chi connectivity index (χ1v) is 9.67. The standard InChI is InChI=1S/C20H26O6/c1-18-8-12(10-7-15(21)25-16(10)22)26-19(18,2)9-14-20(3)11(17(23)24-14)5-4-6-13(18)20/h7,11-14,16,22H,4-6,8-9H2,1-3H3. The number of fused-ring (bicyclic) bond motifs is 2. The van der Waals surface area contributed by atoms with Crippen molar-refractivity contribution in [2.45, 2.75) is 77.0 Å². The molecule has 4 fully saturated rings. The Morgan fingerprint density at radius 2 is 1.88 bits per heavy atom. The van der Waals surface area contributed by atoms with E-state index in [1.807, 2.05) is 0 Å². The first-order chi connectivity index (χ1) is 12.2. The number of hydrogen-bond donors (Lipinski definition) is 1. The second kappa shape index (κ2) is 4.90. The zero-order chi connectivity index (χ0) is 18.5. The first kappa shape index (κ1) is 16.8. The van der Waals surface area contributed by atoms with Crippen LogP contribution in [0.3, 0.4) is 0 Å². The zero-order valence-electron chi connectivity index (χ0n) is 15.5. The van der Waals surface area contributed by atoms with Gasteiger partial charge < -0.3 is 19.3 Å². The first-order valence-electron chi connectivity index (χ1n) is 9.67. The monoisotopic (exact) mass is 362 g/mol. The van der Waals surface area contributed by atoms with E-state index >= 15 is 0 Å². The predicted molar refractivity (Wildman–Crippen MR) is 89.6 cm³/mol. The molecule has 2 saturated heterocycles. The molecule has 0 spiro atoms. The highest BCUT2D eigenvalue weighted by molar-refractivity contribution is 5.85. The fourth-order valence-electron chi connectivity index (χ4n) is 6.92. The number of rotatable bonds is 1. The van der Waals surface area contributed by atoms with Gasteiger partial charge in [-0.1, -0.05) is 20.3 Å². The van der Waals surface area contributed by atoms with E-state index in [0.29, 0.717) is 17.9 Å². The fraction of sp³-hybridized carbons (Fsp3) is 0.800. The Morgan fingerprint density at radius 1 is 1.12 bits per heavy atom. The average molecular weight is 362 g/mol. The molecule has 8 atom stereocenters. The summed E-state index contributed by atoms with van der Waals surface area (Å²) in [6.07, 6.45) is 4.05. The van der Waals surface area contributed by atoms with Gasteiger partial charge in [0.1, 0.15) is 6.10 Å². The molecule has 6 nitrogen and oxygen atoms in total. The lowest BCUT2D eigenvalue weighted by molar-refractivity contribution is -0.195. The fourth-order valence-corrected chi connectivity index (χ4v) is 6.92. The Kier molecular flexibility index (Phi) is 3.16. The summed E-state index contributed by atoms with van der Waals surface area (Å²) < 4.78 is 17.2. The van der Waals surface area contributed by atoms with E-state index < -0.39 is 17.9 Å². The van der Waals surface area contributed by atoms with Gasteiger partial charge in [0.2, 0.25) is 6.29 Å². The van der Waals surface area contributed by atoms with Gasteiger partial charge in [-0.2, -0.15) is 0 Å². The number of esters is 2. The highest BCUT2D eigenvalue weighted by Crippen LogP contribution is 2.70. The quantitative estimate of drug-likeness (QED) is 0.720. The number of hydrogen-bond acceptors (Lipinski definition) is 6. The third-order valence-electron chi connectivity index (χ3n) is 8.46. The second-order valence-corrected chi connectivity index (χ2v) is 9.42. The van der Waals surface area contributed by atoms with Gasteiger partial charge in [0, 0.05) is 28.9 Å². The third-order valence-corrected chi connectivity index (χ3v) is 8.46. The highest BCUT2D eigenvalue weighted by atomic mass is 16.6. The van der Waals surface area contributed by atoms with Crippen LogP contribution in [0.1, 0.15) is 52.9 Å². The van der Waals surface area contributed by atoms with Crippen molar-refractivity contribution >= 4 is 11.9 Å². The van der Waals surface area contributed by atoms with Crippen LogP contribution in [0.25, 0.3) is 0 Å². The average Bonchev–Trinajstić information content (AvgIpc) is 3.11. The zero-order valence-corrected chi connectivity index (χ0v) is 15.5. The number of aliphatic hydroxyl groups excluding tert-OH is 1. The highest BCUT2D eigenvalue weighted by Gasteiger charge is 2.73. The van der Waals surface area contributed by atoms with E-state index in [0.717, 1.165) is 25.7 Å². The molecule has 2 aliphatic carbocycles. The second-order valence-electron chi connectivity index (χ2n) is 9.42. The van der Waals surface area contributed by atoms with E-state index in [2.05, 4.69) is 20.8 Å². The molecule has 2 saturated carbocycles. The molecule has 5 rings (SSSR count). The van der Waals surface area contributed by atoms with Gasteiger partial charge >= 0.3 is 11.9 Å². The summed E-state index contributed by atoms with van der Waals surface area (Å²) in [4.78, 5) is 24.0. The summed E-state index contributed by atoms with van der Waals surface area (Å²) in [5, 5.41) is 10.1. The molecule has 0 aromatic carbocycles. The molecule has 3 heterocycles. The van der Waals surface area contributed by atoms with Gasteiger partial charge in [-0.15, -0.1) is 0 Å². The molecule has 0 bridgehead atoms. The third kappa shape index (κ3) is 1.80. The summed E-state index contributed by atoms with van der Waals surface area (Å²) in [6.45, 7) is 6.59. The van der Waals surface area contributed by atoms with Crippen LogP contribution in [0.2, 0.25) is 0 Å². The van der Waals surface area contributed by atoms with Gasteiger partial charge in [0.25, 0.3) is 0 Å². The summed E-state index contributed by atoms with van der Waals surface area (Å²) in [7, 11) is 0. The molecule has 8 unspecified atom stereocenters. The summed E-state index contributed by atoms with van der Waals surface area (Å²) in [5.74, 6) is -0.270. The van der Waals surface area contributed by atoms with E-state index in [1.165, 1.54) is 6.08 Å². The van der Waals surface area contributed by atoms with E-state index in [1.54, 1.807) is 0 Å². The van der Waals surface area contributed by atoms with Crippen molar-refractivity contribution in [1.82, 2.24) is 0 Å². The van der Waals surface area contributed by atoms with Crippen LogP contribution in [-0.2, 0) is 23.8 Å². The van der Waals surface area contributed by atoms with Crippen LogP contribution >= 0.6 is 0 Å². The van der Waals surface area contributed by atoms with Gasteiger partial charge in [-0.3, -0.25) is 4.79 Å². The normalized spacial score (nSPS) is 55.1. The Bertz CT molecular complexity index is 730. The summed E-state index contributed by atoms with van der Waals surface area (Å²) >= 11 is 0. The summed E-state index contributed by atoms with van der Waals surface area (Å²) in [6, 6.07) is 0. The molecular formula is C20H26O6. The SMILES string of the molecule is CC12C3CC4(C)OC(C5=CC(=O)OC5O)CC4(C)C1CCCC2C(=O)O3. The maximum Gasteiger partial charge on any atom is 0.333 e. The lowest BCUT2D eigenvalue weighted by atomic mass is 9.44. The molecule has 0 radical (unpaired) electrons. The van der Waals surface area contributed by atoms with Crippen molar-refractivity contribution in [2.24, 2.45) is 22.7 Å². The van der Waals surface area contributed by atoms with Crippen LogP contribution in [0, 0.1) is 22.7 Å². The van der Waals surface area contributed by atoms with Crippen LogP contribution in [0.4, 0.5) is 0 Å². The number of carbonyl (C=O) groups excluding carboxylic acids is 2. The van der Waals surface area contributed by atoms with Crippen molar-refractivity contribution in [3.8, 4) is 0 Å². The Labute approximate surface area is 152 Å². The number of ether oxygens (including phenoxy) is 3. The number of cyclic esters (lactones) is 1. The Balaban J connectivity index is 1.55. The van der Waals surface area contributed by atoms with E-state index in [4.69, 9.17) is 14.2 Å². The van der Waals surface area contributed by atoms with E-state index in [9.17, 15) is 14.7 Å². The van der Waals surface area contributed by atoms with Crippen molar-refractivity contribution < 1.29 is 28.9 Å². The predicted octanol–water partition coefficient (Wildman–Crippen LogP) is 2.09. The molecule has 5 aliphatic rings. The van der Waals surface area contributed by atoms with Gasteiger partial charge in [0.05, 0.1) is 17.6 Å². The van der Waals surface area contributed by atoms with Crippen LogP contribution in [0.5, 0.6) is 0 Å². The number of carbonyl (C=O) groups is 2. The largest absolute Gasteiger partial charge is 0.461 e. The van der Waals surface area contributed by atoms with Crippen molar-refractivity contribution in [1.29, 1.82) is 0 Å². The lowest BCUT2D eigenvalue weighted by Crippen LogP contribution is -2.62. The topological polar surface area (TPSA) is 82.1 Å². The van der Waals surface area contributed by atoms with Gasteiger partial charge in [-0.05, 0) is 32.1 Å². The number of aliphatic hydroxyl groups is 1.